The zero-order chi connectivity index (χ0) is 24.9. The molecule has 0 bridgehead atoms. The van der Waals surface area contributed by atoms with E-state index in [-0.39, 0.29) is 17.2 Å². The Bertz CT molecular complexity index is 1330. The third-order valence-corrected chi connectivity index (χ3v) is 7.79. The maximum atomic E-state index is 13.5. The molecule has 1 aliphatic carbocycles. The number of carbonyl (C=O) groups excluding carboxylic acids is 2. The molecule has 2 aromatic carbocycles. The van der Waals surface area contributed by atoms with Crippen LogP contribution in [0.25, 0.3) is 0 Å². The first-order chi connectivity index (χ1) is 17.4. The van der Waals surface area contributed by atoms with Gasteiger partial charge in [-0.1, -0.05) is 30.3 Å². The minimum absolute atomic E-state index is 0.0289. The van der Waals surface area contributed by atoms with E-state index >= 15 is 0 Å². The van der Waals surface area contributed by atoms with Gasteiger partial charge in [0, 0.05) is 62.6 Å². The van der Waals surface area contributed by atoms with E-state index in [4.69, 9.17) is 0 Å². The van der Waals surface area contributed by atoms with Crippen LogP contribution in [-0.4, -0.2) is 68.8 Å². The Morgan fingerprint density at radius 1 is 1.17 bits per heavy atom. The van der Waals surface area contributed by atoms with Crippen LogP contribution in [0.4, 0.5) is 5.69 Å². The van der Waals surface area contributed by atoms with Crippen molar-refractivity contribution in [3.8, 4) is 0 Å². The van der Waals surface area contributed by atoms with Crippen LogP contribution in [0.3, 0.4) is 0 Å². The molecule has 1 spiro atoms. The molecule has 0 radical (unpaired) electrons. The summed E-state index contributed by atoms with van der Waals surface area (Å²) in [6, 6.07) is 14.1. The van der Waals surface area contributed by atoms with E-state index in [0.717, 1.165) is 37.9 Å². The molecule has 1 atom stereocenters. The van der Waals surface area contributed by atoms with Crippen LogP contribution in [0, 0.1) is 0 Å². The molecule has 186 valence electrons. The second-order valence-corrected chi connectivity index (χ2v) is 10.5. The Labute approximate surface area is 210 Å². The number of amides is 2. The lowest BCUT2D eigenvalue weighted by molar-refractivity contribution is 0.0459. The fraction of sp³-hybridized carbons (Fsp3) is 0.393. The average Bonchev–Trinajstić information content (AvgIpc) is 3.50. The molecule has 0 unspecified atom stereocenters. The maximum absolute atomic E-state index is 13.5. The summed E-state index contributed by atoms with van der Waals surface area (Å²) >= 11 is 0. The number of nitrogens with zero attached hydrogens (tertiary/aromatic N) is 4. The lowest BCUT2D eigenvalue weighted by Gasteiger charge is -2.37. The molecule has 36 heavy (non-hydrogen) atoms. The van der Waals surface area contributed by atoms with E-state index in [1.807, 2.05) is 17.0 Å². The molecule has 6 rings (SSSR count). The minimum Gasteiger partial charge on any atom is -0.390 e. The highest BCUT2D eigenvalue weighted by Crippen LogP contribution is 2.52. The molecular formula is C28H31N5O3. The zero-order valence-corrected chi connectivity index (χ0v) is 20.5. The monoisotopic (exact) mass is 485 g/mol. The average molecular weight is 486 g/mol. The van der Waals surface area contributed by atoms with Gasteiger partial charge in [-0.25, -0.2) is 0 Å². The number of aliphatic hydroxyl groups excluding tert-OH is 1. The first-order valence-corrected chi connectivity index (χ1v) is 12.6. The van der Waals surface area contributed by atoms with Gasteiger partial charge in [-0.3, -0.25) is 19.2 Å². The van der Waals surface area contributed by atoms with Crippen molar-refractivity contribution < 1.29 is 14.7 Å². The van der Waals surface area contributed by atoms with Crippen molar-refractivity contribution in [2.75, 3.05) is 31.5 Å². The maximum Gasteiger partial charge on any atom is 0.258 e. The Kier molecular flexibility index (Phi) is 5.65. The molecule has 3 heterocycles. The van der Waals surface area contributed by atoms with Crippen molar-refractivity contribution in [3.63, 3.8) is 0 Å². The highest BCUT2D eigenvalue weighted by molar-refractivity contribution is 6.05. The highest BCUT2D eigenvalue weighted by atomic mass is 16.3. The number of aryl methyl sites for hydroxylation is 1. The van der Waals surface area contributed by atoms with Crippen molar-refractivity contribution in [1.82, 2.24) is 19.6 Å². The van der Waals surface area contributed by atoms with Crippen LogP contribution in [0.1, 0.15) is 50.2 Å². The van der Waals surface area contributed by atoms with E-state index in [1.54, 1.807) is 24.0 Å². The number of hydrogen-bond acceptors (Lipinski definition) is 5. The van der Waals surface area contributed by atoms with Crippen molar-refractivity contribution in [1.29, 1.82) is 0 Å². The molecule has 0 saturated heterocycles. The predicted molar refractivity (Wildman–Crippen MR) is 136 cm³/mol. The number of β-amino-alcohol motifs (C(OH)–C–C–N with tert-alkyl or cyclic N) is 1. The first-order valence-electron chi connectivity index (χ1n) is 12.6. The summed E-state index contributed by atoms with van der Waals surface area (Å²) in [5.41, 5.74) is 5.40. The largest absolute Gasteiger partial charge is 0.390 e. The molecule has 3 aliphatic rings. The summed E-state index contributed by atoms with van der Waals surface area (Å²) < 4.78 is 1.58. The topological polar surface area (TPSA) is 90.7 Å². The molecular weight excluding hydrogens is 454 g/mol. The van der Waals surface area contributed by atoms with Gasteiger partial charge in [0.15, 0.2) is 0 Å². The van der Waals surface area contributed by atoms with Gasteiger partial charge in [-0.15, -0.1) is 0 Å². The van der Waals surface area contributed by atoms with Gasteiger partial charge in [-0.2, -0.15) is 5.10 Å². The molecule has 1 fully saturated rings. The molecule has 8 nitrogen and oxygen atoms in total. The lowest BCUT2D eigenvalue weighted by Crippen LogP contribution is -2.49. The second kappa shape index (κ2) is 8.87. The van der Waals surface area contributed by atoms with Crippen molar-refractivity contribution in [2.24, 2.45) is 7.05 Å². The number of anilines is 1. The number of carbonyl (C=O) groups is 2. The van der Waals surface area contributed by atoms with Gasteiger partial charge < -0.3 is 15.3 Å². The van der Waals surface area contributed by atoms with E-state index in [0.29, 0.717) is 36.4 Å². The van der Waals surface area contributed by atoms with Gasteiger partial charge in [-0.05, 0) is 48.1 Å². The fourth-order valence-corrected chi connectivity index (χ4v) is 5.74. The molecule has 2 N–H and O–H groups in total. The Morgan fingerprint density at radius 2 is 1.97 bits per heavy atom. The number of rotatable bonds is 6. The Morgan fingerprint density at radius 3 is 2.72 bits per heavy atom. The van der Waals surface area contributed by atoms with Gasteiger partial charge in [0.2, 0.25) is 0 Å². The minimum atomic E-state index is -0.620. The van der Waals surface area contributed by atoms with Crippen LogP contribution >= 0.6 is 0 Å². The van der Waals surface area contributed by atoms with Crippen molar-refractivity contribution in [2.45, 2.75) is 37.3 Å². The van der Waals surface area contributed by atoms with E-state index in [9.17, 15) is 14.7 Å². The summed E-state index contributed by atoms with van der Waals surface area (Å²) in [6.07, 6.45) is 5.60. The van der Waals surface area contributed by atoms with Crippen LogP contribution < -0.4 is 5.32 Å². The van der Waals surface area contributed by atoms with E-state index in [1.165, 1.54) is 17.3 Å². The van der Waals surface area contributed by atoms with Gasteiger partial charge in [0.1, 0.15) is 0 Å². The highest BCUT2D eigenvalue weighted by Gasteiger charge is 2.51. The van der Waals surface area contributed by atoms with Crippen LogP contribution in [0.5, 0.6) is 0 Å². The van der Waals surface area contributed by atoms with Gasteiger partial charge >= 0.3 is 0 Å². The number of aromatic nitrogens is 2. The molecule has 2 amide bonds. The molecule has 1 saturated carbocycles. The lowest BCUT2D eigenvalue weighted by atomic mass is 9.86. The molecule has 3 aromatic rings. The Balaban J connectivity index is 1.15. The van der Waals surface area contributed by atoms with E-state index < -0.39 is 6.10 Å². The zero-order valence-electron chi connectivity index (χ0n) is 20.5. The van der Waals surface area contributed by atoms with Gasteiger partial charge in [0.05, 0.1) is 17.9 Å². The summed E-state index contributed by atoms with van der Waals surface area (Å²) in [5.74, 6) is -0.342. The third kappa shape index (κ3) is 4.31. The number of fused-ring (bicyclic) bond motifs is 3. The SMILES string of the molecule is Cn1cc(C(=O)Nc2ccc3c(c2)C(=O)N(C[C@H](O)CN2CCc4ccccc4C2)CC32CC2)cn1. The second-order valence-electron chi connectivity index (χ2n) is 10.5. The summed E-state index contributed by atoms with van der Waals surface area (Å²) in [4.78, 5) is 30.2. The van der Waals surface area contributed by atoms with Crippen LogP contribution in [0.2, 0.25) is 0 Å². The molecule has 2 aliphatic heterocycles. The van der Waals surface area contributed by atoms with Crippen LogP contribution in [0.15, 0.2) is 54.9 Å². The standard InChI is InChI=1S/C28H31N5O3/c1-31-14-21(13-29-31)26(35)30-22-6-7-25-24(12-22)27(36)33(18-28(25)9-10-28)17-23(34)16-32-11-8-19-4-2-3-5-20(19)15-32/h2-7,12-14,23,34H,8-11,15-18H2,1H3,(H,30,35)/t23-/m1/s1. The third-order valence-electron chi connectivity index (χ3n) is 7.79. The number of hydrogen-bond donors (Lipinski definition) is 2. The van der Waals surface area contributed by atoms with Crippen molar-refractivity contribution in [3.05, 3.63) is 82.7 Å². The van der Waals surface area contributed by atoms with Crippen molar-refractivity contribution >= 4 is 17.5 Å². The van der Waals surface area contributed by atoms with Crippen LogP contribution in [-0.2, 0) is 25.4 Å². The van der Waals surface area contributed by atoms with Gasteiger partial charge in [0.25, 0.3) is 11.8 Å². The number of nitrogens with one attached hydrogen (secondary N) is 1. The summed E-state index contributed by atoms with van der Waals surface area (Å²) in [5, 5.41) is 17.9. The smallest absolute Gasteiger partial charge is 0.258 e. The fourth-order valence-electron chi connectivity index (χ4n) is 5.74. The summed E-state index contributed by atoms with van der Waals surface area (Å²) in [7, 11) is 1.76. The molecule has 8 heteroatoms. The molecule has 1 aromatic heterocycles. The normalized spacial score (nSPS) is 19.1. The quantitative estimate of drug-likeness (QED) is 0.560. The predicted octanol–water partition coefficient (Wildman–Crippen LogP) is 2.58. The Hall–Kier alpha value is -3.49. The number of benzene rings is 2. The number of aliphatic hydroxyl groups is 1. The summed E-state index contributed by atoms with van der Waals surface area (Å²) in [6.45, 7) is 3.23. The first kappa shape index (κ1) is 22.9. The van der Waals surface area contributed by atoms with E-state index in [2.05, 4.69) is 39.6 Å².